The van der Waals surface area contributed by atoms with Crippen molar-refractivity contribution < 1.29 is 14.3 Å². The summed E-state index contributed by atoms with van der Waals surface area (Å²) >= 11 is 11.8. The van der Waals surface area contributed by atoms with E-state index >= 15 is 0 Å². The van der Waals surface area contributed by atoms with Crippen LogP contribution in [0.5, 0.6) is 0 Å². The second-order valence-corrected chi connectivity index (χ2v) is 6.79. The Kier molecular flexibility index (Phi) is 7.51. The van der Waals surface area contributed by atoms with E-state index in [1.54, 1.807) is 30.3 Å². The second kappa shape index (κ2) is 9.62. The van der Waals surface area contributed by atoms with Crippen molar-refractivity contribution in [3.63, 3.8) is 0 Å². The lowest BCUT2D eigenvalue weighted by molar-refractivity contribution is -0.123. The van der Waals surface area contributed by atoms with Gasteiger partial charge in [-0.15, -0.1) is 0 Å². The van der Waals surface area contributed by atoms with Crippen molar-refractivity contribution in [3.8, 4) is 0 Å². The van der Waals surface area contributed by atoms with E-state index in [0.717, 1.165) is 18.8 Å². The van der Waals surface area contributed by atoms with Crippen LogP contribution < -0.4 is 10.2 Å². The van der Waals surface area contributed by atoms with Crippen LogP contribution >= 0.6 is 23.2 Å². The number of carbonyl (C=O) groups is 2. The Hall–Kier alpha value is -2.24. The molecule has 2 aromatic carbocycles. The molecule has 1 N–H and O–H groups in total. The Bertz CT molecular complexity index is 785. The van der Waals surface area contributed by atoms with Crippen LogP contribution in [0.1, 0.15) is 31.1 Å². The van der Waals surface area contributed by atoms with Gasteiger partial charge < -0.3 is 15.0 Å². The first-order valence-electron chi connectivity index (χ1n) is 8.67. The molecule has 0 radical (unpaired) electrons. The van der Waals surface area contributed by atoms with E-state index in [-0.39, 0.29) is 0 Å². The smallest absolute Gasteiger partial charge is 0.338 e. The Morgan fingerprint density at radius 3 is 2.11 bits per heavy atom. The predicted octanol–water partition coefficient (Wildman–Crippen LogP) is 5.02. The monoisotopic (exact) mass is 408 g/mol. The minimum absolute atomic E-state index is 0.386. The number of ether oxygens (including phenoxy) is 1. The van der Waals surface area contributed by atoms with Crippen LogP contribution in [0.25, 0.3) is 0 Å². The number of rotatable bonds is 7. The Morgan fingerprint density at radius 1 is 1.04 bits per heavy atom. The molecule has 1 atom stereocenters. The van der Waals surface area contributed by atoms with Crippen LogP contribution in [0.4, 0.5) is 11.4 Å². The highest BCUT2D eigenvalue weighted by Gasteiger charge is 2.19. The fraction of sp³-hybridized carbons (Fsp3) is 0.300. The molecule has 27 heavy (non-hydrogen) atoms. The molecule has 0 heterocycles. The first-order chi connectivity index (χ1) is 12.8. The van der Waals surface area contributed by atoms with Gasteiger partial charge in [0.25, 0.3) is 5.91 Å². The van der Waals surface area contributed by atoms with E-state index in [9.17, 15) is 9.59 Å². The molecule has 144 valence electrons. The summed E-state index contributed by atoms with van der Waals surface area (Å²) in [5.74, 6) is -1.03. The summed E-state index contributed by atoms with van der Waals surface area (Å²) in [5, 5.41) is 3.43. The minimum atomic E-state index is -0.974. The topological polar surface area (TPSA) is 58.6 Å². The van der Waals surface area contributed by atoms with E-state index < -0.39 is 18.0 Å². The molecule has 1 amide bonds. The summed E-state index contributed by atoms with van der Waals surface area (Å²) in [6.07, 6.45) is -0.974. The standard InChI is InChI=1S/C20H22Cl2N2O3/c1-4-24(5-2)18-8-6-14(7-9-18)20(26)27-13(3)19(25)23-17-11-15(21)10-16(22)12-17/h6-13H,4-5H2,1-3H3,(H,23,25)/t13-/m0/s1. The third-order valence-corrected chi connectivity index (χ3v) is 4.45. The number of esters is 1. The number of halogens is 2. The number of anilines is 2. The van der Waals surface area contributed by atoms with Gasteiger partial charge in [-0.1, -0.05) is 23.2 Å². The number of amides is 1. The Labute approximate surface area is 169 Å². The van der Waals surface area contributed by atoms with Crippen LogP contribution in [-0.4, -0.2) is 31.1 Å². The lowest BCUT2D eigenvalue weighted by Crippen LogP contribution is -2.30. The highest BCUT2D eigenvalue weighted by Crippen LogP contribution is 2.23. The van der Waals surface area contributed by atoms with Crippen molar-refractivity contribution in [1.29, 1.82) is 0 Å². The van der Waals surface area contributed by atoms with Gasteiger partial charge in [-0.05, 0) is 63.2 Å². The molecular weight excluding hydrogens is 387 g/mol. The molecule has 2 aromatic rings. The van der Waals surface area contributed by atoms with Gasteiger partial charge in [-0.25, -0.2) is 4.79 Å². The molecular formula is C20H22Cl2N2O3. The molecule has 0 aromatic heterocycles. The summed E-state index contributed by atoms with van der Waals surface area (Å²) in [4.78, 5) is 26.7. The maximum Gasteiger partial charge on any atom is 0.338 e. The first-order valence-corrected chi connectivity index (χ1v) is 9.42. The maximum absolute atomic E-state index is 12.3. The molecule has 0 aliphatic carbocycles. The van der Waals surface area contributed by atoms with E-state index in [1.165, 1.54) is 6.92 Å². The van der Waals surface area contributed by atoms with Crippen molar-refractivity contribution in [2.24, 2.45) is 0 Å². The third-order valence-electron chi connectivity index (χ3n) is 4.01. The molecule has 0 saturated carbocycles. The first kappa shape index (κ1) is 21.1. The van der Waals surface area contributed by atoms with Gasteiger partial charge in [0, 0.05) is 34.5 Å². The number of nitrogens with zero attached hydrogens (tertiary/aromatic N) is 1. The summed E-state index contributed by atoms with van der Waals surface area (Å²) in [5.41, 5.74) is 1.85. The largest absolute Gasteiger partial charge is 0.449 e. The van der Waals surface area contributed by atoms with Crippen LogP contribution in [0.2, 0.25) is 10.0 Å². The third kappa shape index (κ3) is 5.88. The Morgan fingerprint density at radius 2 is 1.59 bits per heavy atom. The molecule has 7 heteroatoms. The number of hydrogen-bond acceptors (Lipinski definition) is 4. The van der Waals surface area contributed by atoms with Crippen molar-refractivity contribution in [3.05, 3.63) is 58.1 Å². The van der Waals surface area contributed by atoms with Gasteiger partial charge in [-0.3, -0.25) is 4.79 Å². The zero-order valence-corrected chi connectivity index (χ0v) is 17.0. The summed E-state index contributed by atoms with van der Waals surface area (Å²) in [7, 11) is 0. The highest BCUT2D eigenvalue weighted by molar-refractivity contribution is 6.35. The zero-order chi connectivity index (χ0) is 20.0. The van der Waals surface area contributed by atoms with E-state index in [2.05, 4.69) is 24.1 Å². The van der Waals surface area contributed by atoms with Gasteiger partial charge in [0.05, 0.1) is 5.56 Å². The zero-order valence-electron chi connectivity index (χ0n) is 15.5. The normalized spacial score (nSPS) is 11.6. The SMILES string of the molecule is CCN(CC)c1ccc(C(=O)O[C@@H](C)C(=O)Nc2cc(Cl)cc(Cl)c2)cc1. The molecule has 2 rings (SSSR count). The van der Waals surface area contributed by atoms with Crippen molar-refractivity contribution in [1.82, 2.24) is 0 Å². The number of nitrogens with one attached hydrogen (secondary N) is 1. The molecule has 0 unspecified atom stereocenters. The van der Waals surface area contributed by atoms with Crippen LogP contribution in [0, 0.1) is 0 Å². The van der Waals surface area contributed by atoms with E-state index in [1.807, 2.05) is 12.1 Å². The van der Waals surface area contributed by atoms with Crippen molar-refractivity contribution in [2.75, 3.05) is 23.3 Å². The molecule has 0 spiro atoms. The lowest BCUT2D eigenvalue weighted by Gasteiger charge is -2.21. The van der Waals surface area contributed by atoms with Gasteiger partial charge in [0.15, 0.2) is 6.10 Å². The van der Waals surface area contributed by atoms with E-state index in [0.29, 0.717) is 21.3 Å². The quantitative estimate of drug-likeness (QED) is 0.653. The number of carbonyl (C=O) groups excluding carboxylic acids is 2. The van der Waals surface area contributed by atoms with E-state index in [4.69, 9.17) is 27.9 Å². The highest BCUT2D eigenvalue weighted by atomic mass is 35.5. The minimum Gasteiger partial charge on any atom is -0.449 e. The average Bonchev–Trinajstić information content (AvgIpc) is 2.62. The Balaban J connectivity index is 1.98. The average molecular weight is 409 g/mol. The maximum atomic E-state index is 12.3. The number of benzene rings is 2. The van der Waals surface area contributed by atoms with Crippen LogP contribution in [-0.2, 0) is 9.53 Å². The second-order valence-electron chi connectivity index (χ2n) is 5.91. The summed E-state index contributed by atoms with van der Waals surface area (Å²) < 4.78 is 5.25. The van der Waals surface area contributed by atoms with Crippen molar-refractivity contribution >= 4 is 46.5 Å². The summed E-state index contributed by atoms with van der Waals surface area (Å²) in [6.45, 7) is 7.40. The fourth-order valence-corrected chi connectivity index (χ4v) is 3.08. The molecule has 0 aliphatic rings. The van der Waals surface area contributed by atoms with Gasteiger partial charge in [0.1, 0.15) is 0 Å². The molecule has 0 saturated heterocycles. The van der Waals surface area contributed by atoms with Crippen LogP contribution in [0.3, 0.4) is 0 Å². The summed E-state index contributed by atoms with van der Waals surface area (Å²) in [6, 6.07) is 11.8. The fourth-order valence-electron chi connectivity index (χ4n) is 2.55. The molecule has 0 bridgehead atoms. The van der Waals surface area contributed by atoms with Crippen LogP contribution in [0.15, 0.2) is 42.5 Å². The van der Waals surface area contributed by atoms with Gasteiger partial charge in [-0.2, -0.15) is 0 Å². The number of hydrogen-bond donors (Lipinski definition) is 1. The van der Waals surface area contributed by atoms with Gasteiger partial charge >= 0.3 is 5.97 Å². The predicted molar refractivity (Wildman–Crippen MR) is 110 cm³/mol. The molecule has 0 fully saturated rings. The van der Waals surface area contributed by atoms with Crippen molar-refractivity contribution in [2.45, 2.75) is 26.9 Å². The lowest BCUT2D eigenvalue weighted by atomic mass is 10.2. The molecule has 5 nitrogen and oxygen atoms in total. The molecule has 0 aliphatic heterocycles. The van der Waals surface area contributed by atoms with Gasteiger partial charge in [0.2, 0.25) is 0 Å².